The molecule has 0 aliphatic carbocycles. The summed E-state index contributed by atoms with van der Waals surface area (Å²) in [6.07, 6.45) is 4.05. The molecule has 0 saturated heterocycles. The maximum Gasteiger partial charge on any atom is 0.316 e. The van der Waals surface area contributed by atoms with Crippen molar-refractivity contribution in [2.75, 3.05) is 12.9 Å². The molecular formula is C9H10N2OS. The van der Waals surface area contributed by atoms with Crippen LogP contribution in [0, 0.1) is 11.8 Å². The Hall–Kier alpha value is -1.21. The van der Waals surface area contributed by atoms with Gasteiger partial charge in [-0.3, -0.25) is 0 Å². The number of rotatable bonds is 2. The molecule has 68 valence electrons. The molecule has 0 unspecified atom stereocenters. The van der Waals surface area contributed by atoms with Crippen LogP contribution in [0.15, 0.2) is 12.4 Å². The molecule has 0 fully saturated rings. The van der Waals surface area contributed by atoms with Crippen molar-refractivity contribution in [1.29, 1.82) is 0 Å². The van der Waals surface area contributed by atoms with Crippen molar-refractivity contribution in [3.63, 3.8) is 0 Å². The molecule has 0 spiro atoms. The molecule has 0 amide bonds. The van der Waals surface area contributed by atoms with Gasteiger partial charge in [0.15, 0.2) is 0 Å². The third-order valence-corrected chi connectivity index (χ3v) is 1.50. The van der Waals surface area contributed by atoms with Crippen LogP contribution in [-0.2, 0) is 0 Å². The third-order valence-electron chi connectivity index (χ3n) is 1.28. The van der Waals surface area contributed by atoms with Gasteiger partial charge in [0.1, 0.15) is 0 Å². The Morgan fingerprint density at radius 1 is 1.46 bits per heavy atom. The van der Waals surface area contributed by atoms with Crippen molar-refractivity contribution in [2.45, 2.75) is 6.42 Å². The summed E-state index contributed by atoms with van der Waals surface area (Å²) >= 11 is 4.04. The van der Waals surface area contributed by atoms with Crippen molar-refractivity contribution >= 4 is 12.6 Å². The van der Waals surface area contributed by atoms with Crippen molar-refractivity contribution in [2.24, 2.45) is 0 Å². The van der Waals surface area contributed by atoms with E-state index < -0.39 is 0 Å². The smallest absolute Gasteiger partial charge is 0.316 e. The Labute approximate surface area is 83.0 Å². The van der Waals surface area contributed by atoms with Gasteiger partial charge in [-0.25, -0.2) is 9.97 Å². The van der Waals surface area contributed by atoms with E-state index in [-0.39, 0.29) is 0 Å². The highest BCUT2D eigenvalue weighted by atomic mass is 32.1. The van der Waals surface area contributed by atoms with E-state index in [0.717, 1.165) is 17.7 Å². The summed E-state index contributed by atoms with van der Waals surface area (Å²) in [5.74, 6) is 6.63. The van der Waals surface area contributed by atoms with E-state index in [1.54, 1.807) is 12.4 Å². The zero-order chi connectivity index (χ0) is 9.52. The van der Waals surface area contributed by atoms with E-state index in [1.807, 2.05) is 0 Å². The fourth-order valence-electron chi connectivity index (χ4n) is 0.707. The molecule has 0 atom stereocenters. The maximum atomic E-state index is 4.81. The first-order chi connectivity index (χ1) is 6.36. The Morgan fingerprint density at radius 3 is 2.69 bits per heavy atom. The highest BCUT2D eigenvalue weighted by Crippen LogP contribution is 1.99. The van der Waals surface area contributed by atoms with Gasteiger partial charge in [-0.1, -0.05) is 11.8 Å². The molecule has 0 aliphatic heterocycles. The molecular weight excluding hydrogens is 184 g/mol. The van der Waals surface area contributed by atoms with Crippen LogP contribution in [0.4, 0.5) is 0 Å². The van der Waals surface area contributed by atoms with Gasteiger partial charge in [0, 0.05) is 24.6 Å². The predicted molar refractivity (Wildman–Crippen MR) is 53.9 cm³/mol. The molecule has 1 rings (SSSR count). The average Bonchev–Trinajstić information content (AvgIpc) is 2.19. The van der Waals surface area contributed by atoms with Gasteiger partial charge in [-0.2, -0.15) is 12.6 Å². The quantitative estimate of drug-likeness (QED) is 0.566. The number of thiol groups is 1. The highest BCUT2D eigenvalue weighted by Gasteiger charge is 1.92. The minimum atomic E-state index is 0.361. The summed E-state index contributed by atoms with van der Waals surface area (Å²) in [6, 6.07) is 0.361. The van der Waals surface area contributed by atoms with Crippen LogP contribution in [-0.4, -0.2) is 22.8 Å². The number of nitrogens with zero attached hydrogens (tertiary/aromatic N) is 2. The Morgan fingerprint density at radius 2 is 2.15 bits per heavy atom. The van der Waals surface area contributed by atoms with E-state index in [1.165, 1.54) is 7.11 Å². The first kappa shape index (κ1) is 9.87. The molecule has 0 aliphatic rings. The average molecular weight is 194 g/mol. The Bertz CT molecular complexity index is 313. The second kappa shape index (κ2) is 5.44. The molecule has 0 radical (unpaired) electrons. The number of aromatic nitrogens is 2. The normalized spacial score (nSPS) is 8.77. The molecule has 13 heavy (non-hydrogen) atoms. The van der Waals surface area contributed by atoms with Crippen molar-refractivity contribution in [3.8, 4) is 17.9 Å². The number of hydrogen-bond donors (Lipinski definition) is 1. The molecule has 0 N–H and O–H groups in total. The molecule has 1 heterocycles. The first-order valence-electron chi connectivity index (χ1n) is 3.82. The van der Waals surface area contributed by atoms with Crippen LogP contribution in [0.5, 0.6) is 6.01 Å². The Kier molecular flexibility index (Phi) is 4.13. The zero-order valence-corrected chi connectivity index (χ0v) is 8.21. The lowest BCUT2D eigenvalue weighted by molar-refractivity contribution is 0.379. The SMILES string of the molecule is COc1ncc(C#CCCS)cn1. The minimum Gasteiger partial charge on any atom is -0.467 e. The zero-order valence-electron chi connectivity index (χ0n) is 7.32. The van der Waals surface area contributed by atoms with Gasteiger partial charge in [-0.15, -0.1) is 0 Å². The topological polar surface area (TPSA) is 35.0 Å². The second-order valence-electron chi connectivity index (χ2n) is 2.23. The predicted octanol–water partition coefficient (Wildman–Crippen LogP) is 1.16. The van der Waals surface area contributed by atoms with Gasteiger partial charge in [-0.05, 0) is 0 Å². The summed E-state index contributed by atoms with van der Waals surface area (Å²) in [6.45, 7) is 0. The molecule has 3 nitrogen and oxygen atoms in total. The highest BCUT2D eigenvalue weighted by molar-refractivity contribution is 7.80. The van der Waals surface area contributed by atoms with E-state index in [4.69, 9.17) is 4.74 Å². The molecule has 4 heteroatoms. The summed E-state index contributed by atoms with van der Waals surface area (Å²) in [5, 5.41) is 0. The van der Waals surface area contributed by atoms with Crippen LogP contribution < -0.4 is 4.74 Å². The van der Waals surface area contributed by atoms with Crippen molar-refractivity contribution in [3.05, 3.63) is 18.0 Å². The molecule has 0 bridgehead atoms. The maximum absolute atomic E-state index is 4.81. The van der Waals surface area contributed by atoms with Gasteiger partial charge < -0.3 is 4.74 Å². The van der Waals surface area contributed by atoms with Gasteiger partial charge in [0.25, 0.3) is 0 Å². The van der Waals surface area contributed by atoms with Crippen LogP contribution in [0.3, 0.4) is 0 Å². The first-order valence-corrected chi connectivity index (χ1v) is 4.46. The Balaban J connectivity index is 2.65. The lowest BCUT2D eigenvalue weighted by Gasteiger charge is -1.94. The number of methoxy groups -OCH3 is 1. The summed E-state index contributed by atoms with van der Waals surface area (Å²) in [5.41, 5.74) is 0.794. The number of ether oxygens (including phenoxy) is 1. The lowest BCUT2D eigenvalue weighted by Crippen LogP contribution is -1.91. The second-order valence-corrected chi connectivity index (χ2v) is 2.68. The van der Waals surface area contributed by atoms with Crippen molar-refractivity contribution in [1.82, 2.24) is 9.97 Å². The van der Waals surface area contributed by atoms with Crippen LogP contribution in [0.1, 0.15) is 12.0 Å². The van der Waals surface area contributed by atoms with E-state index >= 15 is 0 Å². The molecule has 1 aromatic rings. The summed E-state index contributed by atoms with van der Waals surface area (Å²) < 4.78 is 4.81. The summed E-state index contributed by atoms with van der Waals surface area (Å²) in [7, 11) is 1.53. The third kappa shape index (κ3) is 3.34. The summed E-state index contributed by atoms with van der Waals surface area (Å²) in [4.78, 5) is 7.84. The standard InChI is InChI=1S/C9H10N2OS/c1-12-9-10-6-8(7-11-9)4-2-3-5-13/h6-7,13H,3,5H2,1H3. The molecule has 0 saturated carbocycles. The minimum absolute atomic E-state index is 0.361. The van der Waals surface area contributed by atoms with Gasteiger partial charge >= 0.3 is 6.01 Å². The van der Waals surface area contributed by atoms with E-state index in [9.17, 15) is 0 Å². The molecule has 1 aromatic heterocycles. The monoisotopic (exact) mass is 194 g/mol. The van der Waals surface area contributed by atoms with Crippen LogP contribution >= 0.6 is 12.6 Å². The largest absolute Gasteiger partial charge is 0.467 e. The lowest BCUT2D eigenvalue weighted by atomic mass is 10.3. The van der Waals surface area contributed by atoms with Crippen LogP contribution in [0.2, 0.25) is 0 Å². The van der Waals surface area contributed by atoms with E-state index in [2.05, 4.69) is 34.4 Å². The van der Waals surface area contributed by atoms with E-state index in [0.29, 0.717) is 6.01 Å². The van der Waals surface area contributed by atoms with Gasteiger partial charge in [0.05, 0.1) is 12.7 Å². The fraction of sp³-hybridized carbons (Fsp3) is 0.333. The van der Waals surface area contributed by atoms with Gasteiger partial charge in [0.2, 0.25) is 0 Å². The molecule has 0 aromatic carbocycles. The number of hydrogen-bond acceptors (Lipinski definition) is 4. The van der Waals surface area contributed by atoms with Crippen LogP contribution in [0.25, 0.3) is 0 Å². The van der Waals surface area contributed by atoms with Crippen molar-refractivity contribution < 1.29 is 4.74 Å². The fourth-order valence-corrected chi connectivity index (χ4v) is 0.818.